The third-order valence-electron chi connectivity index (χ3n) is 19.7. The molecule has 0 heterocycles. The number of aliphatic carboxylic acids is 2. The molecule has 584 valence electrons. The first-order valence-electron chi connectivity index (χ1n) is 41.1. The van der Waals surface area contributed by atoms with E-state index in [1.165, 1.54) is 230 Å². The van der Waals surface area contributed by atoms with Gasteiger partial charge in [-0.25, -0.2) is 0 Å². The molecule has 8 atom stereocenters. The Morgan fingerprint density at radius 2 is 0.604 bits per heavy atom. The predicted octanol–water partition coefficient (Wildman–Crippen LogP) is 23.0. The largest absolute Gasteiger partial charge is 1.00 e. The summed E-state index contributed by atoms with van der Waals surface area (Å²) in [6, 6.07) is 10.3. The van der Waals surface area contributed by atoms with Gasteiger partial charge in [0.2, 0.25) is 0 Å². The van der Waals surface area contributed by atoms with Crippen molar-refractivity contribution in [2.24, 2.45) is 47.3 Å². The third-order valence-corrected chi connectivity index (χ3v) is 19.7. The summed E-state index contributed by atoms with van der Waals surface area (Å²) >= 11 is 0. The number of allylic oxidation sites excluding steroid dienone is 8. The van der Waals surface area contributed by atoms with Crippen molar-refractivity contribution < 1.29 is 76.4 Å². The predicted molar refractivity (Wildman–Crippen MR) is 424 cm³/mol. The number of rotatable bonds is 56. The smallest absolute Gasteiger partial charge is 0.870 e. The van der Waals surface area contributed by atoms with Gasteiger partial charge in [-0.15, -0.1) is 0 Å². The van der Waals surface area contributed by atoms with Gasteiger partial charge in [-0.05, 0) is 203 Å². The van der Waals surface area contributed by atoms with Gasteiger partial charge in [0.1, 0.15) is 11.6 Å². The van der Waals surface area contributed by atoms with E-state index in [1.54, 1.807) is 46.5 Å². The van der Waals surface area contributed by atoms with Crippen LogP contribution in [0.3, 0.4) is 0 Å². The molecule has 14 heteroatoms. The Morgan fingerprint density at radius 3 is 0.851 bits per heavy atom. The van der Waals surface area contributed by atoms with E-state index in [1.807, 2.05) is 18.2 Å². The summed E-state index contributed by atoms with van der Waals surface area (Å²) in [7, 11) is -4.67. The SMILES string of the molecule is CCCCC/C=C\C/C=C\CCCCCCCC(=O)O.CCCCC/C=C\C/C=C\CCCCCCCC(C)=O.CCCCCC1CC1CC1CC1CCCCCCCC(=O)O.CCCCCC1CC1CC1CC1CCCCCCCC(C)=O.CCO.Cc1ccccc1.O=S(=O)(O)O.[Li+].[OH-]. The number of aliphatic hydroxyl groups excluding tert-OH is 1. The number of Topliss-reactive ketones (excluding diaryl/α,β-unsaturated/α-hetero) is 2. The van der Waals surface area contributed by atoms with Crippen molar-refractivity contribution in [2.45, 2.75) is 389 Å². The average molecular weight is 1430 g/mol. The molecule has 1 aromatic rings. The van der Waals surface area contributed by atoms with Gasteiger partial charge in [0.25, 0.3) is 0 Å². The van der Waals surface area contributed by atoms with Crippen molar-refractivity contribution in [3.8, 4) is 0 Å². The molecule has 8 unspecified atom stereocenters. The fourth-order valence-corrected chi connectivity index (χ4v) is 13.2. The van der Waals surface area contributed by atoms with E-state index in [9.17, 15) is 19.2 Å². The molecular weight excluding hydrogens is 1280 g/mol. The maximum absolute atomic E-state index is 10.9. The number of hydrogen-bond acceptors (Lipinski definition) is 8. The molecule has 1 aromatic carbocycles. The average Bonchev–Trinajstić information content (AvgIpc) is 1.66. The Hall–Kier alpha value is -3.15. The zero-order valence-corrected chi connectivity index (χ0v) is 67.5. The summed E-state index contributed by atoms with van der Waals surface area (Å²) in [4.78, 5) is 42.3. The van der Waals surface area contributed by atoms with Gasteiger partial charge in [0.15, 0.2) is 0 Å². The van der Waals surface area contributed by atoms with Crippen molar-refractivity contribution in [1.82, 2.24) is 0 Å². The van der Waals surface area contributed by atoms with E-state index in [2.05, 4.69) is 95.4 Å². The first kappa shape index (κ1) is 104. The van der Waals surface area contributed by atoms with Crippen LogP contribution in [0.5, 0.6) is 0 Å². The molecule has 4 aliphatic carbocycles. The second kappa shape index (κ2) is 76.5. The fourth-order valence-electron chi connectivity index (χ4n) is 13.2. The summed E-state index contributed by atoms with van der Waals surface area (Å²) in [6.45, 7) is 16.5. The second-order valence-electron chi connectivity index (χ2n) is 29.7. The number of benzene rings is 1. The van der Waals surface area contributed by atoms with Crippen molar-refractivity contribution in [3.05, 3.63) is 84.5 Å². The van der Waals surface area contributed by atoms with Crippen molar-refractivity contribution in [3.63, 3.8) is 0 Å². The van der Waals surface area contributed by atoms with Crippen LogP contribution in [-0.4, -0.2) is 68.4 Å². The Morgan fingerprint density at radius 1 is 0.376 bits per heavy atom. The number of carboxylic acid groups (broad SMARTS) is 2. The van der Waals surface area contributed by atoms with Crippen molar-refractivity contribution in [2.75, 3.05) is 6.61 Å². The van der Waals surface area contributed by atoms with Gasteiger partial charge in [-0.2, -0.15) is 8.42 Å². The minimum absolute atomic E-state index is 0. The molecule has 0 aromatic heterocycles. The van der Waals surface area contributed by atoms with Crippen LogP contribution >= 0.6 is 0 Å². The number of aryl methyl sites for hydroxylation is 1. The third kappa shape index (κ3) is 85.7. The Kier molecular flexibility index (Phi) is 78.9. The van der Waals surface area contributed by atoms with Crippen LogP contribution in [0.4, 0.5) is 0 Å². The number of carbonyl (C=O) groups excluding carboxylic acids is 2. The number of unbranched alkanes of at least 4 members (excludes halogenated alkanes) is 28. The molecule has 4 fully saturated rings. The quantitative estimate of drug-likeness (QED) is 0.0177. The molecule has 0 spiro atoms. The van der Waals surface area contributed by atoms with Gasteiger partial charge in [-0.3, -0.25) is 18.7 Å². The number of aliphatic hydroxyl groups is 1. The van der Waals surface area contributed by atoms with E-state index < -0.39 is 22.3 Å². The van der Waals surface area contributed by atoms with Gasteiger partial charge in [-0.1, -0.05) is 292 Å². The monoisotopic (exact) mass is 1430 g/mol. The van der Waals surface area contributed by atoms with E-state index in [0.29, 0.717) is 24.4 Å². The number of carboxylic acids is 2. The molecule has 101 heavy (non-hydrogen) atoms. The van der Waals surface area contributed by atoms with Crippen LogP contribution in [-0.2, 0) is 29.6 Å². The van der Waals surface area contributed by atoms with Crippen LogP contribution in [0.2, 0.25) is 0 Å². The van der Waals surface area contributed by atoms with E-state index in [-0.39, 0.29) is 30.9 Å². The summed E-state index contributed by atoms with van der Waals surface area (Å²) < 4.78 is 31.6. The molecule has 0 bridgehead atoms. The Balaban J connectivity index is -0.000000576. The molecule has 12 nitrogen and oxygen atoms in total. The molecule has 4 aliphatic rings. The Bertz CT molecular complexity index is 2110. The molecule has 6 N–H and O–H groups in total. The topological polar surface area (TPSA) is 234 Å². The van der Waals surface area contributed by atoms with Crippen LogP contribution < -0.4 is 18.9 Å². The second-order valence-corrected chi connectivity index (χ2v) is 30.6. The van der Waals surface area contributed by atoms with Crippen molar-refractivity contribution >= 4 is 33.9 Å². The summed E-state index contributed by atoms with van der Waals surface area (Å²) in [5, 5.41) is 24.7. The van der Waals surface area contributed by atoms with Gasteiger partial charge in [0.05, 0.1) is 0 Å². The summed E-state index contributed by atoms with van der Waals surface area (Å²) in [5.41, 5.74) is 1.32. The first-order chi connectivity index (χ1) is 47.8. The molecule has 0 radical (unpaired) electrons. The summed E-state index contributed by atoms with van der Waals surface area (Å²) in [5.74, 6) is 8.14. The van der Waals surface area contributed by atoms with E-state index in [4.69, 9.17) is 32.8 Å². The number of hydrogen-bond donors (Lipinski definition) is 5. The minimum Gasteiger partial charge on any atom is -0.870 e. The van der Waals surface area contributed by atoms with Gasteiger partial charge in [0, 0.05) is 32.3 Å². The summed E-state index contributed by atoms with van der Waals surface area (Å²) in [6.07, 6.45) is 83.3. The fraction of sp³-hybridized carbons (Fsp3) is 0.793. The number of carbonyl (C=O) groups is 4. The molecular formula is C87H157LiO12S. The van der Waals surface area contributed by atoms with Crippen LogP contribution in [0, 0.1) is 54.3 Å². The van der Waals surface area contributed by atoms with Crippen LogP contribution in [0.1, 0.15) is 388 Å². The number of ketones is 2. The molecule has 0 aliphatic heterocycles. The molecule has 5 rings (SSSR count). The van der Waals surface area contributed by atoms with Gasteiger partial charge < -0.3 is 30.4 Å². The van der Waals surface area contributed by atoms with E-state index >= 15 is 0 Å². The molecule has 4 saturated carbocycles. The van der Waals surface area contributed by atoms with Crippen LogP contribution in [0.25, 0.3) is 0 Å². The van der Waals surface area contributed by atoms with Gasteiger partial charge >= 0.3 is 41.2 Å². The standard InChI is InChI=1S/C21H38O.C20H36O2.C19H34O.C18H32O2.C7H8.C2H6O.Li.H2O4S.H2O/c1-3-4-8-12-18-14-20(18)16-21-15-19(21)13-10-7-5-6-9-11-17(2)22;1-2-3-7-10-16-13-18(16)15-19-14-17(19)11-8-5-4-6-9-12-20(21)22;1-3-4-5-6-7-8-9-10-11-12-13-14-15-16-17-18-19(2)20;1-2-3-4-5-6-7-8-9-10-11-12-13-14-15-16-17-18(19)20;1-7-5-3-2-4-6-7;1-2-3;;1-5(2,3)4;/h18-21H,3-16H2,1-2H3;16-19H,2-15H2,1H3,(H,21,22);7-8,10-11H,3-6,9,12-18H2,1-2H3;6-7,9-10H,2-5,8,11-17H2,1H3,(H,19,20);2-6H,1H3;3H,2H2,1H3;;(H2,1,2,3,4);1H2/q;;;;;;+1;;/p-1/b;;8-7-,11-10-;7-6-,10-9-;;;;;. The normalized spacial score (nSPS) is 18.8. The zero-order valence-electron chi connectivity index (χ0n) is 66.6. The molecule has 0 saturated heterocycles. The maximum Gasteiger partial charge on any atom is 1.00 e. The molecule has 0 amide bonds. The Labute approximate surface area is 634 Å². The maximum atomic E-state index is 10.9. The van der Waals surface area contributed by atoms with E-state index in [0.717, 1.165) is 118 Å². The van der Waals surface area contributed by atoms with Crippen molar-refractivity contribution in [1.29, 1.82) is 0 Å². The van der Waals surface area contributed by atoms with Crippen LogP contribution in [0.15, 0.2) is 78.9 Å². The first-order valence-corrected chi connectivity index (χ1v) is 42.5. The minimum atomic E-state index is -4.67. The zero-order chi connectivity index (χ0) is 73.7.